The van der Waals surface area contributed by atoms with Gasteiger partial charge in [-0.1, -0.05) is 96.9 Å². The van der Waals surface area contributed by atoms with E-state index in [1.54, 1.807) is 13.8 Å². The fraction of sp³-hybridized carbons (Fsp3) is 0.941. The molecule has 9 heteroatoms. The van der Waals surface area contributed by atoms with Gasteiger partial charge in [-0.05, 0) is 243 Å². The van der Waals surface area contributed by atoms with Crippen LogP contribution in [0.3, 0.4) is 0 Å². The third kappa shape index (κ3) is 9.50. The van der Waals surface area contributed by atoms with Gasteiger partial charge >= 0.3 is 23.9 Å². The zero-order valence-electron chi connectivity index (χ0n) is 52.4. The second-order valence-electron chi connectivity index (χ2n) is 32.4. The standard InChI is InChI=1S/C34H56O4.C30H52O2.C4H6O3/c1-21(2)24-12-17-34(20-37-22(3)35)19-18-32(8)25(29(24)34)10-11-27-31(7)15-14-28(38-23(4)36)30(5,6)26(31)13-16-33(27,32)9;1-19(2)20-10-15-30(18-31)17-16-28(6)21(25(20)30)8-9-23-27(5)13-12-24(32)26(3,4)22(27)11-14-29(23,28)7;1-3(5)7-4(2)6/h21,24-29H,10-20H2,1-9H3;19-25,31-32H,8-18H2,1-7H3;1-2H3/t24-,25+,26-,27+,28-,29+,31-,32+,33+,34+;20-,21+,22-,23+,24-,25+,27-,28+,29+,30+;/m00./s1. The molecule has 0 aromatic carbocycles. The molecule has 10 saturated carbocycles. The van der Waals surface area contributed by atoms with Gasteiger partial charge in [0.15, 0.2) is 0 Å². The van der Waals surface area contributed by atoms with Crippen molar-refractivity contribution in [1.29, 1.82) is 0 Å². The molecule has 10 aliphatic rings. The van der Waals surface area contributed by atoms with E-state index in [1.807, 2.05) is 0 Å². The molecule has 20 atom stereocenters. The first-order chi connectivity index (χ1) is 35.6. The number of aliphatic hydroxyl groups is 2. The SMILES string of the molecule is CC(=O)OC(C)=O.CC(=O)OC[C@]12CC[C@@H](C(C)C)[C@@H]1[C@H]1CC[C@@H]3[C@@]4(C)CC[C@H](OC(C)=O)C(C)(C)[C@@H]4CC[C@@]3(C)[C@]1(C)CC2.CC(C)[C@@H]1CC[C@]2(CO)CC[C@]3(C)[C@H](CC[C@@H]4[C@@]5(C)CC[C@H](O)C(C)(C)[C@@H]5CC[C@]43C)[C@@H]12. The molecule has 0 heterocycles. The number of carbonyl (C=O) groups excluding carboxylic acids is 4. The van der Waals surface area contributed by atoms with E-state index in [2.05, 4.69) is 102 Å². The second kappa shape index (κ2) is 21.0. The summed E-state index contributed by atoms with van der Waals surface area (Å²) in [5.74, 6) is 7.18. The molecule has 0 radical (unpaired) electrons. The lowest BCUT2D eigenvalue weighted by Gasteiger charge is -2.73. The lowest BCUT2D eigenvalue weighted by Crippen LogP contribution is -2.67. The minimum atomic E-state index is -0.562. The lowest BCUT2D eigenvalue weighted by molar-refractivity contribution is -0.253. The number of esters is 4. The molecule has 0 aromatic rings. The predicted molar refractivity (Wildman–Crippen MR) is 306 cm³/mol. The quantitative estimate of drug-likeness (QED) is 0.151. The van der Waals surface area contributed by atoms with Gasteiger partial charge in [0.25, 0.3) is 0 Å². The Morgan fingerprint density at radius 3 is 1.32 bits per heavy atom. The number of hydrogen-bond acceptors (Lipinski definition) is 9. The Morgan fingerprint density at radius 1 is 0.455 bits per heavy atom. The summed E-state index contributed by atoms with van der Waals surface area (Å²) in [6.45, 7) is 41.8. The summed E-state index contributed by atoms with van der Waals surface area (Å²) in [5.41, 5.74) is 2.53. The van der Waals surface area contributed by atoms with Gasteiger partial charge in [0.05, 0.1) is 12.7 Å². The van der Waals surface area contributed by atoms with Crippen LogP contribution in [-0.4, -0.2) is 59.5 Å². The maximum atomic E-state index is 11.9. The Bertz CT molecular complexity index is 2190. The highest BCUT2D eigenvalue weighted by Crippen LogP contribution is 2.80. The molecule has 0 aromatic heterocycles. The van der Waals surface area contributed by atoms with Crippen LogP contribution in [0, 0.1) is 125 Å². The fourth-order valence-corrected chi connectivity index (χ4v) is 24.4. The first kappa shape index (κ1) is 61.1. The molecule has 440 valence electrons. The number of hydrogen-bond donors (Lipinski definition) is 2. The Balaban J connectivity index is 0.000000183. The molecule has 0 spiro atoms. The normalized spacial score (nSPS) is 48.6. The maximum absolute atomic E-state index is 11.9. The molecule has 0 aliphatic heterocycles. The Labute approximate surface area is 469 Å². The molecule has 77 heavy (non-hydrogen) atoms. The molecule has 10 fully saturated rings. The molecule has 0 bridgehead atoms. The van der Waals surface area contributed by atoms with Crippen LogP contribution in [0.15, 0.2) is 0 Å². The van der Waals surface area contributed by atoms with Crippen molar-refractivity contribution in [1.82, 2.24) is 0 Å². The van der Waals surface area contributed by atoms with Crippen LogP contribution in [-0.2, 0) is 33.4 Å². The molecule has 10 aliphatic carbocycles. The third-order valence-corrected chi connectivity index (χ3v) is 28.4. The molecule has 0 amide bonds. The minimum Gasteiger partial charge on any atom is -0.465 e. The minimum absolute atomic E-state index is 0.0116. The summed E-state index contributed by atoms with van der Waals surface area (Å²) in [6, 6.07) is 0. The molecular weight excluding hydrogens is 961 g/mol. The lowest BCUT2D eigenvalue weighted by atomic mass is 9.32. The van der Waals surface area contributed by atoms with Crippen molar-refractivity contribution in [3.05, 3.63) is 0 Å². The first-order valence-corrected chi connectivity index (χ1v) is 31.9. The Hall–Kier alpha value is -2.00. The van der Waals surface area contributed by atoms with Crippen LogP contribution < -0.4 is 0 Å². The highest BCUT2D eigenvalue weighted by molar-refractivity contribution is 5.82. The van der Waals surface area contributed by atoms with Crippen LogP contribution >= 0.6 is 0 Å². The van der Waals surface area contributed by atoms with Crippen LogP contribution in [0.4, 0.5) is 0 Å². The topological polar surface area (TPSA) is 136 Å². The monoisotopic (exact) mass is 1070 g/mol. The van der Waals surface area contributed by atoms with Crippen LogP contribution in [0.5, 0.6) is 0 Å². The summed E-state index contributed by atoms with van der Waals surface area (Å²) < 4.78 is 15.7. The smallest absolute Gasteiger partial charge is 0.310 e. The van der Waals surface area contributed by atoms with Crippen molar-refractivity contribution in [3.8, 4) is 0 Å². The van der Waals surface area contributed by atoms with Crippen LogP contribution in [0.25, 0.3) is 0 Å². The summed E-state index contributed by atoms with van der Waals surface area (Å²) in [5, 5.41) is 21.6. The number of rotatable bonds is 6. The van der Waals surface area contributed by atoms with Gasteiger partial charge in [-0.15, -0.1) is 0 Å². The zero-order chi connectivity index (χ0) is 57.1. The van der Waals surface area contributed by atoms with E-state index in [9.17, 15) is 29.4 Å². The van der Waals surface area contributed by atoms with Crippen molar-refractivity contribution >= 4 is 23.9 Å². The summed E-state index contributed by atoms with van der Waals surface area (Å²) >= 11 is 0. The zero-order valence-corrected chi connectivity index (χ0v) is 52.4. The van der Waals surface area contributed by atoms with Crippen LogP contribution in [0.2, 0.25) is 0 Å². The van der Waals surface area contributed by atoms with E-state index >= 15 is 0 Å². The number of aliphatic hydroxyl groups excluding tert-OH is 2. The van der Waals surface area contributed by atoms with Gasteiger partial charge in [-0.2, -0.15) is 0 Å². The van der Waals surface area contributed by atoms with E-state index in [-0.39, 0.29) is 45.8 Å². The van der Waals surface area contributed by atoms with Crippen molar-refractivity contribution < 1.29 is 43.6 Å². The average Bonchev–Trinajstić information content (AvgIpc) is 4.15. The van der Waals surface area contributed by atoms with Gasteiger partial charge in [0.1, 0.15) is 6.10 Å². The molecular formula is C68H114O9. The molecule has 0 saturated heterocycles. The maximum Gasteiger partial charge on any atom is 0.310 e. The van der Waals surface area contributed by atoms with E-state index < -0.39 is 11.9 Å². The van der Waals surface area contributed by atoms with Crippen molar-refractivity contribution in [2.45, 2.75) is 265 Å². The third-order valence-electron chi connectivity index (χ3n) is 28.4. The van der Waals surface area contributed by atoms with Gasteiger partial charge in [-0.25, -0.2) is 0 Å². The number of fused-ring (bicyclic) bond motifs is 14. The summed E-state index contributed by atoms with van der Waals surface area (Å²) in [4.78, 5) is 43.5. The van der Waals surface area contributed by atoms with Gasteiger partial charge in [-0.3, -0.25) is 19.2 Å². The predicted octanol–water partition coefficient (Wildman–Crippen LogP) is 15.4. The highest BCUT2D eigenvalue weighted by atomic mass is 16.6. The highest BCUT2D eigenvalue weighted by Gasteiger charge is 2.73. The van der Waals surface area contributed by atoms with Gasteiger partial charge in [0, 0.05) is 45.1 Å². The van der Waals surface area contributed by atoms with E-state index in [4.69, 9.17) is 9.47 Å². The molecule has 9 nitrogen and oxygen atoms in total. The Morgan fingerprint density at radius 2 is 0.896 bits per heavy atom. The van der Waals surface area contributed by atoms with Crippen LogP contribution in [0.1, 0.15) is 253 Å². The van der Waals surface area contributed by atoms with Crippen molar-refractivity contribution in [2.24, 2.45) is 125 Å². The van der Waals surface area contributed by atoms with Crippen molar-refractivity contribution in [3.63, 3.8) is 0 Å². The summed E-state index contributed by atoms with van der Waals surface area (Å²) in [7, 11) is 0. The fourth-order valence-electron chi connectivity index (χ4n) is 24.4. The summed E-state index contributed by atoms with van der Waals surface area (Å²) in [6.07, 6.45) is 25.0. The molecule has 0 unspecified atom stereocenters. The second-order valence-corrected chi connectivity index (χ2v) is 32.4. The largest absolute Gasteiger partial charge is 0.465 e. The Kier molecular flexibility index (Phi) is 16.7. The van der Waals surface area contributed by atoms with Gasteiger partial charge < -0.3 is 24.4 Å². The van der Waals surface area contributed by atoms with Crippen molar-refractivity contribution in [2.75, 3.05) is 13.2 Å². The van der Waals surface area contributed by atoms with E-state index in [1.165, 1.54) is 129 Å². The number of carbonyl (C=O) groups is 4. The van der Waals surface area contributed by atoms with E-state index in [0.29, 0.717) is 81.2 Å². The van der Waals surface area contributed by atoms with E-state index in [0.717, 1.165) is 48.3 Å². The number of ether oxygens (including phenoxy) is 3. The van der Waals surface area contributed by atoms with Gasteiger partial charge in [0.2, 0.25) is 0 Å². The average molecular weight is 1080 g/mol. The molecule has 2 N–H and O–H groups in total. The molecule has 10 rings (SSSR count). The first-order valence-electron chi connectivity index (χ1n) is 31.9.